The van der Waals surface area contributed by atoms with Crippen molar-refractivity contribution < 1.29 is 27.8 Å². The summed E-state index contributed by atoms with van der Waals surface area (Å²) in [6.07, 6.45) is 2.11. The Morgan fingerprint density at radius 1 is 1.04 bits per heavy atom. The van der Waals surface area contributed by atoms with Gasteiger partial charge in [0.15, 0.2) is 11.5 Å². The molecule has 26 heavy (non-hydrogen) atoms. The van der Waals surface area contributed by atoms with Crippen LogP contribution in [-0.4, -0.2) is 32.7 Å². The Balaban J connectivity index is 1.72. The van der Waals surface area contributed by atoms with Crippen molar-refractivity contribution in [1.29, 1.82) is 0 Å². The highest BCUT2D eigenvalue weighted by Crippen LogP contribution is 2.35. The van der Waals surface area contributed by atoms with E-state index < -0.39 is 16.0 Å². The molecule has 1 aliphatic carbocycles. The van der Waals surface area contributed by atoms with Gasteiger partial charge in [0.05, 0.1) is 16.1 Å². The molecule has 4 rings (SSSR count). The summed E-state index contributed by atoms with van der Waals surface area (Å²) in [7, 11) is -3.93. The molecular formula is C18H17NO6S. The molecule has 2 aliphatic rings. The molecule has 8 heteroatoms. The first-order chi connectivity index (χ1) is 12.4. The summed E-state index contributed by atoms with van der Waals surface area (Å²) < 4.78 is 39.3. The largest absolute Gasteiger partial charge is 0.486 e. The number of aromatic carboxylic acids is 1. The fourth-order valence-corrected chi connectivity index (χ4v) is 4.73. The highest BCUT2D eigenvalue weighted by molar-refractivity contribution is 7.92. The summed E-state index contributed by atoms with van der Waals surface area (Å²) in [5.41, 5.74) is 1.79. The van der Waals surface area contributed by atoms with E-state index in [1.54, 1.807) is 24.3 Å². The highest BCUT2D eigenvalue weighted by Gasteiger charge is 2.26. The molecule has 0 fully saturated rings. The van der Waals surface area contributed by atoms with Crippen molar-refractivity contribution in [3.63, 3.8) is 0 Å². The zero-order valence-electron chi connectivity index (χ0n) is 13.8. The van der Waals surface area contributed by atoms with Gasteiger partial charge in [0.1, 0.15) is 13.2 Å². The Bertz CT molecular complexity index is 999. The molecule has 7 nitrogen and oxygen atoms in total. The number of carboxylic acid groups (broad SMARTS) is 1. The number of carboxylic acids is 1. The number of aryl methyl sites for hydroxylation is 1. The van der Waals surface area contributed by atoms with Gasteiger partial charge in [-0.25, -0.2) is 13.2 Å². The number of carbonyl (C=O) groups is 1. The molecule has 0 saturated heterocycles. The van der Waals surface area contributed by atoms with Gasteiger partial charge in [-0.1, -0.05) is 0 Å². The molecule has 0 spiro atoms. The van der Waals surface area contributed by atoms with Gasteiger partial charge in [-0.2, -0.15) is 0 Å². The summed E-state index contributed by atoms with van der Waals surface area (Å²) in [5.74, 6) is -0.107. The number of ether oxygens (including phenoxy) is 2. The van der Waals surface area contributed by atoms with E-state index in [-0.39, 0.29) is 10.5 Å². The lowest BCUT2D eigenvalue weighted by Crippen LogP contribution is -2.18. The van der Waals surface area contributed by atoms with Gasteiger partial charge < -0.3 is 14.6 Å². The van der Waals surface area contributed by atoms with Crippen LogP contribution in [0.4, 0.5) is 5.69 Å². The van der Waals surface area contributed by atoms with Crippen LogP contribution in [0.1, 0.15) is 27.9 Å². The Labute approximate surface area is 150 Å². The smallest absolute Gasteiger partial charge is 0.335 e. The van der Waals surface area contributed by atoms with E-state index in [4.69, 9.17) is 9.47 Å². The molecule has 1 aliphatic heterocycles. The maximum atomic E-state index is 12.9. The molecule has 0 bridgehead atoms. The molecule has 0 atom stereocenters. The number of hydrogen-bond donors (Lipinski definition) is 2. The van der Waals surface area contributed by atoms with Gasteiger partial charge in [-0.05, 0) is 54.7 Å². The molecule has 136 valence electrons. The standard InChI is InChI=1S/C18H17NO6S/c20-18(21)12-8-11-2-1-3-14(11)17(9-12)26(22,23)19-13-4-5-15-16(10-13)25-7-6-24-15/h4-5,8-10,19H,1-3,6-7H2,(H,20,21). The summed E-state index contributed by atoms with van der Waals surface area (Å²) in [5, 5.41) is 9.28. The minimum atomic E-state index is -3.93. The topological polar surface area (TPSA) is 102 Å². The van der Waals surface area contributed by atoms with Crippen molar-refractivity contribution in [1.82, 2.24) is 0 Å². The molecule has 2 N–H and O–H groups in total. The molecule has 1 heterocycles. The Kier molecular flexibility index (Phi) is 3.99. The minimum absolute atomic E-state index is 0.0202. The molecule has 0 saturated carbocycles. The van der Waals surface area contributed by atoms with E-state index in [2.05, 4.69) is 4.72 Å². The van der Waals surface area contributed by atoms with E-state index in [0.717, 1.165) is 12.0 Å². The molecule has 2 aromatic carbocycles. The first-order valence-electron chi connectivity index (χ1n) is 8.25. The molecule has 2 aromatic rings. The fourth-order valence-electron chi connectivity index (χ4n) is 3.35. The lowest BCUT2D eigenvalue weighted by molar-refractivity contribution is 0.0696. The van der Waals surface area contributed by atoms with Crippen molar-refractivity contribution in [2.45, 2.75) is 24.2 Å². The lowest BCUT2D eigenvalue weighted by Gasteiger charge is -2.19. The molecule has 0 radical (unpaired) electrons. The predicted molar refractivity (Wildman–Crippen MR) is 93.7 cm³/mol. The normalized spacial score (nSPS) is 15.4. The van der Waals surface area contributed by atoms with Crippen LogP contribution in [-0.2, 0) is 22.9 Å². The fraction of sp³-hybridized carbons (Fsp3) is 0.278. The molecular weight excluding hydrogens is 358 g/mol. The average Bonchev–Trinajstić information content (AvgIpc) is 3.08. The second kappa shape index (κ2) is 6.21. The maximum absolute atomic E-state index is 12.9. The zero-order valence-corrected chi connectivity index (χ0v) is 14.6. The van der Waals surface area contributed by atoms with Crippen molar-refractivity contribution in [3.05, 3.63) is 47.0 Å². The summed E-state index contributed by atoms with van der Waals surface area (Å²) in [6, 6.07) is 7.59. The average molecular weight is 375 g/mol. The summed E-state index contributed by atoms with van der Waals surface area (Å²) in [6.45, 7) is 0.851. The van der Waals surface area contributed by atoms with Gasteiger partial charge in [-0.3, -0.25) is 4.72 Å². The molecule has 0 aromatic heterocycles. The van der Waals surface area contributed by atoms with Crippen molar-refractivity contribution >= 4 is 21.7 Å². The van der Waals surface area contributed by atoms with Crippen molar-refractivity contribution in [3.8, 4) is 11.5 Å². The number of hydrogen-bond acceptors (Lipinski definition) is 5. The van der Waals surface area contributed by atoms with E-state index in [0.29, 0.717) is 48.8 Å². The monoisotopic (exact) mass is 375 g/mol. The van der Waals surface area contributed by atoms with E-state index >= 15 is 0 Å². The van der Waals surface area contributed by atoms with Crippen LogP contribution >= 0.6 is 0 Å². The van der Waals surface area contributed by atoms with E-state index in [1.807, 2.05) is 0 Å². The second-order valence-electron chi connectivity index (χ2n) is 6.23. The van der Waals surface area contributed by atoms with Gasteiger partial charge in [0, 0.05) is 6.07 Å². The summed E-state index contributed by atoms with van der Waals surface area (Å²) in [4.78, 5) is 11.4. The van der Waals surface area contributed by atoms with Crippen LogP contribution in [0.15, 0.2) is 35.2 Å². The zero-order chi connectivity index (χ0) is 18.3. The van der Waals surface area contributed by atoms with Crippen LogP contribution in [0.25, 0.3) is 0 Å². The van der Waals surface area contributed by atoms with Gasteiger partial charge in [0.25, 0.3) is 10.0 Å². The van der Waals surface area contributed by atoms with Gasteiger partial charge >= 0.3 is 5.97 Å². The molecule has 0 amide bonds. The van der Waals surface area contributed by atoms with Gasteiger partial charge in [0.2, 0.25) is 0 Å². The first kappa shape index (κ1) is 16.7. The highest BCUT2D eigenvalue weighted by atomic mass is 32.2. The minimum Gasteiger partial charge on any atom is -0.486 e. The lowest BCUT2D eigenvalue weighted by atomic mass is 10.1. The molecule has 0 unspecified atom stereocenters. The first-order valence-corrected chi connectivity index (χ1v) is 9.74. The maximum Gasteiger partial charge on any atom is 0.335 e. The quantitative estimate of drug-likeness (QED) is 0.851. The van der Waals surface area contributed by atoms with Crippen LogP contribution in [0.5, 0.6) is 11.5 Å². The van der Waals surface area contributed by atoms with Crippen LogP contribution in [0, 0.1) is 0 Å². The van der Waals surface area contributed by atoms with E-state index in [1.165, 1.54) is 6.07 Å². The third-order valence-electron chi connectivity index (χ3n) is 4.51. The number of benzene rings is 2. The van der Waals surface area contributed by atoms with Crippen LogP contribution < -0.4 is 14.2 Å². The summed E-state index contributed by atoms with van der Waals surface area (Å²) >= 11 is 0. The number of anilines is 1. The number of rotatable bonds is 4. The Morgan fingerprint density at radius 2 is 1.81 bits per heavy atom. The van der Waals surface area contributed by atoms with Crippen LogP contribution in [0.3, 0.4) is 0 Å². The Morgan fingerprint density at radius 3 is 2.58 bits per heavy atom. The van der Waals surface area contributed by atoms with E-state index in [9.17, 15) is 18.3 Å². The third kappa shape index (κ3) is 2.96. The third-order valence-corrected chi connectivity index (χ3v) is 5.95. The van der Waals surface area contributed by atoms with Gasteiger partial charge in [-0.15, -0.1) is 0 Å². The second-order valence-corrected chi connectivity index (χ2v) is 7.89. The van der Waals surface area contributed by atoms with Crippen LogP contribution in [0.2, 0.25) is 0 Å². The van der Waals surface area contributed by atoms with Crippen molar-refractivity contribution in [2.75, 3.05) is 17.9 Å². The number of nitrogens with one attached hydrogen (secondary N) is 1. The SMILES string of the molecule is O=C(O)c1cc2c(c(S(=O)(=O)Nc3ccc4c(c3)OCCO4)c1)CCC2. The predicted octanol–water partition coefficient (Wildman–Crippen LogP) is 2.45. The Hall–Kier alpha value is -2.74. The van der Waals surface area contributed by atoms with Crippen molar-refractivity contribution in [2.24, 2.45) is 0 Å². The number of sulfonamides is 1. The number of fused-ring (bicyclic) bond motifs is 2.